The van der Waals surface area contributed by atoms with Crippen LogP contribution in [0.1, 0.15) is 22.7 Å². The molecule has 140 valence electrons. The summed E-state index contributed by atoms with van der Waals surface area (Å²) in [6.45, 7) is 0. The Morgan fingerprint density at radius 2 is 1.71 bits per heavy atom. The molecular formula is C21H19N5O2. The van der Waals surface area contributed by atoms with Gasteiger partial charge in [-0.2, -0.15) is 0 Å². The number of amides is 2. The van der Waals surface area contributed by atoms with Gasteiger partial charge in [0.25, 0.3) is 5.91 Å². The van der Waals surface area contributed by atoms with Gasteiger partial charge in [0.15, 0.2) is 0 Å². The Kier molecular flexibility index (Phi) is 4.88. The van der Waals surface area contributed by atoms with E-state index in [9.17, 15) is 9.59 Å². The Labute approximate surface area is 161 Å². The molecule has 0 aliphatic rings. The standard InChI is InChI=1S/C21H19N5O2/c27-20(24-25-21(28)17-10-6-14-22-17)13-12-19-23-16-9-4-5-11-18(16)26(19)15-7-2-1-3-8-15/h1-11,14,22H,12-13H2,(H,24,27)(H,25,28). The van der Waals surface area contributed by atoms with Crippen LogP contribution in [-0.4, -0.2) is 26.3 Å². The molecule has 2 amide bonds. The molecule has 0 aliphatic heterocycles. The molecule has 7 nitrogen and oxygen atoms in total. The molecule has 2 heterocycles. The summed E-state index contributed by atoms with van der Waals surface area (Å²) in [6.07, 6.45) is 2.28. The third kappa shape index (κ3) is 3.64. The first-order valence-corrected chi connectivity index (χ1v) is 8.97. The van der Waals surface area contributed by atoms with Gasteiger partial charge in [-0.3, -0.25) is 25.0 Å². The third-order valence-electron chi connectivity index (χ3n) is 4.38. The number of fused-ring (bicyclic) bond motifs is 1. The van der Waals surface area contributed by atoms with Crippen LogP contribution in [0.2, 0.25) is 0 Å². The van der Waals surface area contributed by atoms with Gasteiger partial charge in [0, 0.05) is 24.7 Å². The summed E-state index contributed by atoms with van der Waals surface area (Å²) in [5.74, 6) is 0.111. The van der Waals surface area contributed by atoms with Crippen LogP contribution in [0.5, 0.6) is 0 Å². The zero-order valence-corrected chi connectivity index (χ0v) is 15.1. The Morgan fingerprint density at radius 3 is 2.50 bits per heavy atom. The molecule has 0 spiro atoms. The Hall–Kier alpha value is -3.87. The first-order chi connectivity index (χ1) is 13.7. The molecule has 0 fully saturated rings. The number of aromatic nitrogens is 3. The van der Waals surface area contributed by atoms with Gasteiger partial charge >= 0.3 is 0 Å². The predicted octanol–water partition coefficient (Wildman–Crippen LogP) is 2.75. The summed E-state index contributed by atoms with van der Waals surface area (Å²) < 4.78 is 2.06. The minimum Gasteiger partial charge on any atom is -0.357 e. The highest BCUT2D eigenvalue weighted by Gasteiger charge is 2.14. The van der Waals surface area contributed by atoms with Crippen LogP contribution in [0.4, 0.5) is 0 Å². The molecule has 4 rings (SSSR count). The van der Waals surface area contributed by atoms with Gasteiger partial charge in [0.2, 0.25) is 5.91 Å². The molecule has 0 saturated carbocycles. The Balaban J connectivity index is 1.47. The van der Waals surface area contributed by atoms with Crippen molar-refractivity contribution in [3.05, 3.63) is 84.4 Å². The van der Waals surface area contributed by atoms with Crippen LogP contribution in [0, 0.1) is 0 Å². The van der Waals surface area contributed by atoms with Crippen molar-refractivity contribution in [3.8, 4) is 5.69 Å². The van der Waals surface area contributed by atoms with Gasteiger partial charge in [-0.05, 0) is 36.4 Å². The van der Waals surface area contributed by atoms with Crippen molar-refractivity contribution >= 4 is 22.8 Å². The number of aromatic amines is 1. The Morgan fingerprint density at radius 1 is 0.929 bits per heavy atom. The van der Waals surface area contributed by atoms with E-state index in [0.29, 0.717) is 12.1 Å². The number of hydrogen-bond acceptors (Lipinski definition) is 3. The highest BCUT2D eigenvalue weighted by Crippen LogP contribution is 2.22. The topological polar surface area (TPSA) is 91.8 Å². The molecule has 0 aliphatic carbocycles. The zero-order chi connectivity index (χ0) is 19.3. The molecule has 0 atom stereocenters. The van der Waals surface area contributed by atoms with Crippen molar-refractivity contribution in [1.82, 2.24) is 25.4 Å². The number of H-pyrrole nitrogens is 1. The summed E-state index contributed by atoms with van der Waals surface area (Å²) in [6, 6.07) is 21.1. The van der Waals surface area contributed by atoms with Gasteiger partial charge in [0.1, 0.15) is 11.5 Å². The molecular weight excluding hydrogens is 354 g/mol. The van der Waals surface area contributed by atoms with Gasteiger partial charge in [0.05, 0.1) is 11.0 Å². The van der Waals surface area contributed by atoms with Crippen molar-refractivity contribution in [2.45, 2.75) is 12.8 Å². The number of nitrogens with one attached hydrogen (secondary N) is 3. The maximum absolute atomic E-state index is 12.2. The number of carbonyl (C=O) groups is 2. The highest BCUT2D eigenvalue weighted by atomic mass is 16.2. The van der Waals surface area contributed by atoms with Crippen LogP contribution < -0.4 is 10.9 Å². The number of carbonyl (C=O) groups excluding carboxylic acids is 2. The molecule has 7 heteroatoms. The molecule has 0 unspecified atom stereocenters. The number of hydrogen-bond donors (Lipinski definition) is 3. The largest absolute Gasteiger partial charge is 0.357 e. The lowest BCUT2D eigenvalue weighted by atomic mass is 10.2. The lowest BCUT2D eigenvalue weighted by molar-refractivity contribution is -0.121. The van der Waals surface area contributed by atoms with E-state index in [0.717, 1.165) is 22.5 Å². The minimum atomic E-state index is -0.394. The molecule has 3 N–H and O–H groups in total. The SMILES string of the molecule is O=C(CCc1nc2ccccc2n1-c1ccccc1)NNC(=O)c1ccc[nH]1. The Bertz CT molecular complexity index is 1100. The van der Waals surface area contributed by atoms with Gasteiger partial charge in [-0.25, -0.2) is 4.98 Å². The number of para-hydroxylation sites is 3. The maximum atomic E-state index is 12.2. The highest BCUT2D eigenvalue weighted by molar-refractivity contribution is 5.93. The van der Waals surface area contributed by atoms with Gasteiger partial charge in [-0.15, -0.1) is 0 Å². The van der Waals surface area contributed by atoms with Gasteiger partial charge in [-0.1, -0.05) is 30.3 Å². The number of benzene rings is 2. The lowest BCUT2D eigenvalue weighted by Crippen LogP contribution is -2.41. The average molecular weight is 373 g/mol. The summed E-state index contributed by atoms with van der Waals surface area (Å²) in [7, 11) is 0. The van der Waals surface area contributed by atoms with Gasteiger partial charge < -0.3 is 4.98 Å². The molecule has 0 saturated heterocycles. The normalized spacial score (nSPS) is 10.7. The van der Waals surface area contributed by atoms with Crippen LogP contribution in [0.15, 0.2) is 72.9 Å². The van der Waals surface area contributed by atoms with E-state index < -0.39 is 5.91 Å². The van der Waals surface area contributed by atoms with E-state index in [1.54, 1.807) is 18.3 Å². The second-order valence-electron chi connectivity index (χ2n) is 6.27. The second-order valence-corrected chi connectivity index (χ2v) is 6.27. The van der Waals surface area contributed by atoms with E-state index in [4.69, 9.17) is 0 Å². The fourth-order valence-electron chi connectivity index (χ4n) is 3.06. The molecule has 4 aromatic rings. The van der Waals surface area contributed by atoms with Crippen molar-refractivity contribution < 1.29 is 9.59 Å². The zero-order valence-electron chi connectivity index (χ0n) is 15.1. The predicted molar refractivity (Wildman–Crippen MR) is 106 cm³/mol. The van der Waals surface area contributed by atoms with E-state index in [2.05, 4.69) is 25.4 Å². The van der Waals surface area contributed by atoms with E-state index >= 15 is 0 Å². The molecule has 0 radical (unpaired) electrons. The number of imidazole rings is 1. The van der Waals surface area contributed by atoms with Crippen LogP contribution >= 0.6 is 0 Å². The summed E-state index contributed by atoms with van der Waals surface area (Å²) >= 11 is 0. The van der Waals surface area contributed by atoms with Crippen molar-refractivity contribution in [1.29, 1.82) is 0 Å². The fourth-order valence-corrected chi connectivity index (χ4v) is 3.06. The van der Waals surface area contributed by atoms with Crippen molar-refractivity contribution in [3.63, 3.8) is 0 Å². The van der Waals surface area contributed by atoms with Crippen LogP contribution in [0.25, 0.3) is 16.7 Å². The number of aryl methyl sites for hydroxylation is 1. The third-order valence-corrected chi connectivity index (χ3v) is 4.38. The number of nitrogens with zero attached hydrogens (tertiary/aromatic N) is 2. The number of rotatable bonds is 5. The van der Waals surface area contributed by atoms with E-state index in [1.807, 2.05) is 54.6 Å². The fraction of sp³-hybridized carbons (Fsp3) is 0.0952. The van der Waals surface area contributed by atoms with E-state index in [-0.39, 0.29) is 12.3 Å². The molecule has 2 aromatic carbocycles. The summed E-state index contributed by atoms with van der Waals surface area (Å²) in [5, 5.41) is 0. The van der Waals surface area contributed by atoms with E-state index in [1.165, 1.54) is 0 Å². The first-order valence-electron chi connectivity index (χ1n) is 8.97. The smallest absolute Gasteiger partial charge is 0.286 e. The maximum Gasteiger partial charge on any atom is 0.286 e. The van der Waals surface area contributed by atoms with Crippen molar-refractivity contribution in [2.24, 2.45) is 0 Å². The summed E-state index contributed by atoms with van der Waals surface area (Å²) in [5.41, 5.74) is 8.08. The number of hydrazine groups is 1. The second kappa shape index (κ2) is 7.79. The summed E-state index contributed by atoms with van der Waals surface area (Å²) in [4.78, 5) is 31.5. The quantitative estimate of drug-likeness (QED) is 0.470. The minimum absolute atomic E-state index is 0.196. The molecule has 28 heavy (non-hydrogen) atoms. The molecule has 0 bridgehead atoms. The molecule has 2 aromatic heterocycles. The first kappa shape index (κ1) is 17.5. The van der Waals surface area contributed by atoms with Crippen LogP contribution in [0.3, 0.4) is 0 Å². The average Bonchev–Trinajstić information content (AvgIpc) is 3.39. The monoisotopic (exact) mass is 373 g/mol. The van der Waals surface area contributed by atoms with Crippen molar-refractivity contribution in [2.75, 3.05) is 0 Å². The lowest BCUT2D eigenvalue weighted by Gasteiger charge is -2.10. The van der Waals surface area contributed by atoms with Crippen LogP contribution in [-0.2, 0) is 11.2 Å².